The molecule has 0 unspecified atom stereocenters. The van der Waals surface area contributed by atoms with E-state index in [0.29, 0.717) is 11.7 Å². The first-order valence-corrected chi connectivity index (χ1v) is 6.27. The summed E-state index contributed by atoms with van der Waals surface area (Å²) in [6, 6.07) is 3.80. The standard InChI is InChI=1S/C11H10IN3O/c12-8-9(6-3-4-6)14-10(15-11(8)16)7-2-1-5-13-7/h1-2,5-6,13H,3-4H2,(H,14,15,16). The van der Waals surface area contributed by atoms with Crippen LogP contribution in [0.3, 0.4) is 0 Å². The lowest BCUT2D eigenvalue weighted by Crippen LogP contribution is -2.16. The predicted molar refractivity (Wildman–Crippen MR) is 69.3 cm³/mol. The van der Waals surface area contributed by atoms with Crippen molar-refractivity contribution in [2.75, 3.05) is 0 Å². The lowest BCUT2D eigenvalue weighted by atomic mass is 10.2. The van der Waals surface area contributed by atoms with Crippen molar-refractivity contribution in [1.82, 2.24) is 15.0 Å². The Hall–Kier alpha value is -1.11. The zero-order valence-corrected chi connectivity index (χ0v) is 10.6. The molecule has 1 saturated carbocycles. The number of hydrogen-bond acceptors (Lipinski definition) is 2. The number of aromatic nitrogens is 3. The van der Waals surface area contributed by atoms with Crippen LogP contribution in [0, 0.1) is 3.57 Å². The molecule has 0 aromatic carbocycles. The molecule has 0 bridgehead atoms. The van der Waals surface area contributed by atoms with Gasteiger partial charge in [-0.1, -0.05) is 0 Å². The maximum atomic E-state index is 11.8. The molecule has 0 saturated heterocycles. The van der Waals surface area contributed by atoms with Crippen molar-refractivity contribution in [3.05, 3.63) is 37.9 Å². The molecule has 1 aliphatic rings. The second-order valence-corrected chi connectivity index (χ2v) is 5.05. The van der Waals surface area contributed by atoms with Crippen molar-refractivity contribution in [2.24, 2.45) is 0 Å². The minimum atomic E-state index is -0.0397. The Bertz CT molecular complexity index is 569. The van der Waals surface area contributed by atoms with Crippen molar-refractivity contribution in [3.63, 3.8) is 0 Å². The summed E-state index contributed by atoms with van der Waals surface area (Å²) in [5.41, 5.74) is 1.77. The van der Waals surface area contributed by atoms with Crippen LogP contribution in [0.2, 0.25) is 0 Å². The number of hydrogen-bond donors (Lipinski definition) is 2. The molecule has 2 aromatic rings. The van der Waals surface area contributed by atoms with E-state index in [1.165, 1.54) is 0 Å². The highest BCUT2D eigenvalue weighted by Gasteiger charge is 2.29. The van der Waals surface area contributed by atoms with Gasteiger partial charge in [-0.15, -0.1) is 0 Å². The molecule has 4 nitrogen and oxygen atoms in total. The molecule has 1 fully saturated rings. The van der Waals surface area contributed by atoms with Crippen molar-refractivity contribution in [2.45, 2.75) is 18.8 Å². The maximum absolute atomic E-state index is 11.8. The van der Waals surface area contributed by atoms with Crippen molar-refractivity contribution in [1.29, 1.82) is 0 Å². The Balaban J connectivity index is 2.17. The number of nitrogens with one attached hydrogen (secondary N) is 2. The van der Waals surface area contributed by atoms with Crippen LogP contribution in [0.1, 0.15) is 24.5 Å². The van der Waals surface area contributed by atoms with Crippen LogP contribution >= 0.6 is 22.6 Å². The summed E-state index contributed by atoms with van der Waals surface area (Å²) in [6.45, 7) is 0. The fourth-order valence-electron chi connectivity index (χ4n) is 1.71. The smallest absolute Gasteiger partial charge is 0.264 e. The lowest BCUT2D eigenvalue weighted by Gasteiger charge is -2.04. The summed E-state index contributed by atoms with van der Waals surface area (Å²) in [4.78, 5) is 22.2. The fourth-order valence-corrected chi connectivity index (χ4v) is 2.40. The van der Waals surface area contributed by atoms with Crippen LogP contribution in [-0.2, 0) is 0 Å². The van der Waals surface area contributed by atoms with Crippen molar-refractivity contribution < 1.29 is 0 Å². The third kappa shape index (κ3) is 1.68. The first-order valence-electron chi connectivity index (χ1n) is 5.19. The molecule has 2 heterocycles. The number of H-pyrrole nitrogens is 2. The summed E-state index contributed by atoms with van der Waals surface area (Å²) < 4.78 is 0.732. The van der Waals surface area contributed by atoms with Gasteiger partial charge in [0, 0.05) is 12.1 Å². The Morgan fingerprint density at radius 1 is 1.44 bits per heavy atom. The molecule has 16 heavy (non-hydrogen) atoms. The van der Waals surface area contributed by atoms with Gasteiger partial charge < -0.3 is 9.97 Å². The van der Waals surface area contributed by atoms with Gasteiger partial charge in [0.15, 0.2) is 5.82 Å². The highest BCUT2D eigenvalue weighted by molar-refractivity contribution is 14.1. The molecule has 0 atom stereocenters. The van der Waals surface area contributed by atoms with E-state index in [0.717, 1.165) is 27.8 Å². The molecule has 2 aromatic heterocycles. The van der Waals surface area contributed by atoms with Crippen LogP contribution in [0.5, 0.6) is 0 Å². The average molecular weight is 327 g/mol. The molecule has 0 spiro atoms. The van der Waals surface area contributed by atoms with Gasteiger partial charge in [-0.2, -0.15) is 0 Å². The van der Waals surface area contributed by atoms with Gasteiger partial charge in [-0.25, -0.2) is 4.98 Å². The maximum Gasteiger partial charge on any atom is 0.264 e. The van der Waals surface area contributed by atoms with Crippen LogP contribution in [0.15, 0.2) is 23.1 Å². The second kappa shape index (κ2) is 3.73. The second-order valence-electron chi connectivity index (χ2n) is 3.97. The van der Waals surface area contributed by atoms with Gasteiger partial charge in [0.05, 0.1) is 11.4 Å². The Morgan fingerprint density at radius 2 is 2.25 bits per heavy atom. The largest absolute Gasteiger partial charge is 0.359 e. The summed E-state index contributed by atoms with van der Waals surface area (Å²) in [6.07, 6.45) is 4.12. The van der Waals surface area contributed by atoms with E-state index < -0.39 is 0 Å². The summed E-state index contributed by atoms with van der Waals surface area (Å²) in [5.74, 6) is 1.13. The van der Waals surface area contributed by atoms with Crippen LogP contribution in [0.4, 0.5) is 0 Å². The third-order valence-corrected chi connectivity index (χ3v) is 3.75. The monoisotopic (exact) mass is 327 g/mol. The van der Waals surface area contributed by atoms with Gasteiger partial charge in [0.2, 0.25) is 0 Å². The minimum absolute atomic E-state index is 0.0397. The minimum Gasteiger partial charge on any atom is -0.359 e. The first-order chi connectivity index (χ1) is 7.75. The quantitative estimate of drug-likeness (QED) is 0.831. The third-order valence-electron chi connectivity index (χ3n) is 2.71. The SMILES string of the molecule is O=c1[nH]c(-c2ccc[nH]2)nc(C2CC2)c1I. The fraction of sp³-hybridized carbons (Fsp3) is 0.273. The lowest BCUT2D eigenvalue weighted by molar-refractivity contribution is 0.954. The van der Waals surface area contributed by atoms with E-state index >= 15 is 0 Å². The average Bonchev–Trinajstić information content (AvgIpc) is 2.96. The zero-order chi connectivity index (χ0) is 11.1. The summed E-state index contributed by atoms with van der Waals surface area (Å²) in [7, 11) is 0. The summed E-state index contributed by atoms with van der Waals surface area (Å²) >= 11 is 2.08. The van der Waals surface area contributed by atoms with E-state index in [2.05, 4.69) is 37.5 Å². The van der Waals surface area contributed by atoms with Gasteiger partial charge in [-0.3, -0.25) is 4.79 Å². The van der Waals surface area contributed by atoms with E-state index in [-0.39, 0.29) is 5.56 Å². The van der Waals surface area contributed by atoms with Crippen molar-refractivity contribution in [3.8, 4) is 11.5 Å². The molecular formula is C11H10IN3O. The van der Waals surface area contributed by atoms with Gasteiger partial charge in [-0.05, 0) is 47.6 Å². The molecule has 0 amide bonds. The number of nitrogens with zero attached hydrogens (tertiary/aromatic N) is 1. The number of aromatic amines is 2. The molecular weight excluding hydrogens is 317 g/mol. The predicted octanol–water partition coefficient (Wildman–Crippen LogP) is 2.25. The van der Waals surface area contributed by atoms with Gasteiger partial charge >= 0.3 is 0 Å². The Labute approximate surface area is 106 Å². The molecule has 0 radical (unpaired) electrons. The summed E-state index contributed by atoms with van der Waals surface area (Å²) in [5, 5.41) is 0. The molecule has 2 N–H and O–H groups in total. The van der Waals surface area contributed by atoms with E-state index in [4.69, 9.17) is 0 Å². The topological polar surface area (TPSA) is 61.5 Å². The van der Waals surface area contributed by atoms with E-state index in [1.54, 1.807) is 0 Å². The first kappa shape index (κ1) is 10.1. The molecule has 5 heteroatoms. The highest BCUT2D eigenvalue weighted by Crippen LogP contribution is 2.40. The molecule has 0 aliphatic heterocycles. The zero-order valence-electron chi connectivity index (χ0n) is 8.46. The van der Waals surface area contributed by atoms with Crippen LogP contribution < -0.4 is 5.56 Å². The van der Waals surface area contributed by atoms with Crippen molar-refractivity contribution >= 4 is 22.6 Å². The Kier molecular flexibility index (Phi) is 2.34. The van der Waals surface area contributed by atoms with Crippen LogP contribution in [-0.4, -0.2) is 15.0 Å². The number of halogens is 1. The van der Waals surface area contributed by atoms with E-state index in [9.17, 15) is 4.79 Å². The van der Waals surface area contributed by atoms with Gasteiger partial charge in [0.1, 0.15) is 3.57 Å². The molecule has 82 valence electrons. The van der Waals surface area contributed by atoms with Gasteiger partial charge in [0.25, 0.3) is 5.56 Å². The Morgan fingerprint density at radius 3 is 2.88 bits per heavy atom. The number of rotatable bonds is 2. The van der Waals surface area contributed by atoms with E-state index in [1.807, 2.05) is 18.3 Å². The molecule has 3 rings (SSSR count). The highest BCUT2D eigenvalue weighted by atomic mass is 127. The normalized spacial score (nSPS) is 15.3. The molecule has 1 aliphatic carbocycles. The van der Waals surface area contributed by atoms with Crippen LogP contribution in [0.25, 0.3) is 11.5 Å².